The van der Waals surface area contributed by atoms with Crippen LogP contribution in [0.15, 0.2) is 48.7 Å². The number of ether oxygens (including phenoxy) is 1. The topological polar surface area (TPSA) is 68.5 Å². The second-order valence-corrected chi connectivity index (χ2v) is 4.59. The zero-order valence-electron chi connectivity index (χ0n) is 12.0. The van der Waals surface area contributed by atoms with E-state index in [1.807, 2.05) is 25.1 Å². The lowest BCUT2D eigenvalue weighted by Crippen LogP contribution is -2.34. The van der Waals surface area contributed by atoms with Gasteiger partial charge in [0.15, 0.2) is 6.61 Å². The first-order valence-corrected chi connectivity index (χ1v) is 6.85. The molecule has 0 saturated heterocycles. The third-order valence-corrected chi connectivity index (χ3v) is 3.06. The Balaban J connectivity index is 1.89. The van der Waals surface area contributed by atoms with Crippen LogP contribution in [0.2, 0.25) is 0 Å². The van der Waals surface area contributed by atoms with E-state index in [1.165, 1.54) is 0 Å². The van der Waals surface area contributed by atoms with E-state index in [9.17, 15) is 4.79 Å². The number of rotatable bonds is 6. The highest BCUT2D eigenvalue weighted by atomic mass is 16.5. The summed E-state index contributed by atoms with van der Waals surface area (Å²) in [5, 5.41) is 0. The van der Waals surface area contributed by atoms with E-state index in [1.54, 1.807) is 35.4 Å². The number of amides is 1. The lowest BCUT2D eigenvalue weighted by Gasteiger charge is -2.20. The largest absolute Gasteiger partial charge is 0.484 e. The molecular formula is C16H19N3O2. The van der Waals surface area contributed by atoms with Gasteiger partial charge in [0.1, 0.15) is 5.75 Å². The van der Waals surface area contributed by atoms with Crippen molar-refractivity contribution in [3.63, 3.8) is 0 Å². The SMILES string of the molecule is CCN(Cc1ccccn1)C(=O)COc1ccc(N)cc1. The summed E-state index contributed by atoms with van der Waals surface area (Å²) in [6.45, 7) is 3.04. The number of carbonyl (C=O) groups excluding carboxylic acids is 1. The molecule has 0 radical (unpaired) electrons. The van der Waals surface area contributed by atoms with Gasteiger partial charge in [-0.3, -0.25) is 9.78 Å². The van der Waals surface area contributed by atoms with Crippen molar-refractivity contribution in [3.05, 3.63) is 54.4 Å². The van der Waals surface area contributed by atoms with Crippen molar-refractivity contribution in [1.82, 2.24) is 9.88 Å². The normalized spacial score (nSPS) is 10.1. The van der Waals surface area contributed by atoms with Crippen LogP contribution in [-0.2, 0) is 11.3 Å². The molecule has 110 valence electrons. The molecule has 5 nitrogen and oxygen atoms in total. The summed E-state index contributed by atoms with van der Waals surface area (Å²) in [6.07, 6.45) is 1.72. The maximum atomic E-state index is 12.2. The van der Waals surface area contributed by atoms with E-state index in [0.717, 1.165) is 5.69 Å². The number of benzene rings is 1. The Bertz CT molecular complexity index is 570. The first-order valence-electron chi connectivity index (χ1n) is 6.85. The fraction of sp³-hybridized carbons (Fsp3) is 0.250. The van der Waals surface area contributed by atoms with E-state index in [4.69, 9.17) is 10.5 Å². The van der Waals surface area contributed by atoms with Crippen LogP contribution < -0.4 is 10.5 Å². The summed E-state index contributed by atoms with van der Waals surface area (Å²) in [4.78, 5) is 18.1. The van der Waals surface area contributed by atoms with Gasteiger partial charge in [-0.25, -0.2) is 0 Å². The van der Waals surface area contributed by atoms with Gasteiger partial charge >= 0.3 is 0 Å². The Morgan fingerprint density at radius 2 is 2.00 bits per heavy atom. The number of pyridine rings is 1. The molecule has 5 heteroatoms. The van der Waals surface area contributed by atoms with Crippen LogP contribution >= 0.6 is 0 Å². The van der Waals surface area contributed by atoms with Gasteiger partial charge < -0.3 is 15.4 Å². The Hall–Kier alpha value is -2.56. The molecule has 0 unspecified atom stereocenters. The van der Waals surface area contributed by atoms with Gasteiger partial charge in [-0.05, 0) is 43.3 Å². The zero-order valence-corrected chi connectivity index (χ0v) is 12.0. The minimum Gasteiger partial charge on any atom is -0.484 e. The second-order valence-electron chi connectivity index (χ2n) is 4.59. The van der Waals surface area contributed by atoms with E-state index in [2.05, 4.69) is 4.98 Å². The minimum absolute atomic E-state index is 0.00456. The smallest absolute Gasteiger partial charge is 0.260 e. The molecule has 2 rings (SSSR count). The summed E-state index contributed by atoms with van der Waals surface area (Å²) >= 11 is 0. The van der Waals surface area contributed by atoms with Crippen LogP contribution in [0.4, 0.5) is 5.69 Å². The highest BCUT2D eigenvalue weighted by molar-refractivity contribution is 5.77. The molecule has 2 N–H and O–H groups in total. The molecule has 0 aliphatic carbocycles. The molecule has 0 bridgehead atoms. The van der Waals surface area contributed by atoms with Crippen molar-refractivity contribution in [3.8, 4) is 5.75 Å². The van der Waals surface area contributed by atoms with Crippen molar-refractivity contribution in [1.29, 1.82) is 0 Å². The molecule has 0 aliphatic rings. The van der Waals surface area contributed by atoms with Gasteiger partial charge in [-0.2, -0.15) is 0 Å². The van der Waals surface area contributed by atoms with Crippen LogP contribution in [0.1, 0.15) is 12.6 Å². The number of carbonyl (C=O) groups is 1. The first kappa shape index (κ1) is 14.8. The molecule has 21 heavy (non-hydrogen) atoms. The number of nitrogens with two attached hydrogens (primary N) is 1. The molecule has 0 spiro atoms. The molecule has 0 aliphatic heterocycles. The maximum absolute atomic E-state index is 12.2. The molecular weight excluding hydrogens is 266 g/mol. The van der Waals surface area contributed by atoms with Gasteiger partial charge in [-0.1, -0.05) is 6.07 Å². The van der Waals surface area contributed by atoms with Gasteiger partial charge in [0.2, 0.25) is 0 Å². The van der Waals surface area contributed by atoms with Gasteiger partial charge in [-0.15, -0.1) is 0 Å². The van der Waals surface area contributed by atoms with Crippen LogP contribution in [0, 0.1) is 0 Å². The van der Waals surface area contributed by atoms with E-state index in [-0.39, 0.29) is 12.5 Å². The van der Waals surface area contributed by atoms with Crippen molar-refractivity contribution < 1.29 is 9.53 Å². The number of anilines is 1. The molecule has 1 amide bonds. The maximum Gasteiger partial charge on any atom is 0.260 e. The summed E-state index contributed by atoms with van der Waals surface area (Å²) in [7, 11) is 0. The molecule has 2 aromatic rings. The highest BCUT2D eigenvalue weighted by Crippen LogP contribution is 2.13. The molecule has 0 fully saturated rings. The molecule has 1 aromatic heterocycles. The van der Waals surface area contributed by atoms with Gasteiger partial charge in [0.05, 0.1) is 12.2 Å². The number of nitrogen functional groups attached to an aromatic ring is 1. The second kappa shape index (κ2) is 7.28. The van der Waals surface area contributed by atoms with Gasteiger partial charge in [0.25, 0.3) is 5.91 Å². The van der Waals surface area contributed by atoms with Crippen LogP contribution in [0.5, 0.6) is 5.75 Å². The summed E-state index contributed by atoms with van der Waals surface area (Å²) < 4.78 is 5.48. The first-order chi connectivity index (χ1) is 10.2. The number of hydrogen-bond donors (Lipinski definition) is 1. The Labute approximate surface area is 124 Å². The zero-order chi connectivity index (χ0) is 15.1. The third-order valence-electron chi connectivity index (χ3n) is 3.06. The Morgan fingerprint density at radius 1 is 1.24 bits per heavy atom. The predicted octanol–water partition coefficient (Wildman–Crippen LogP) is 2.09. The monoisotopic (exact) mass is 285 g/mol. The fourth-order valence-corrected chi connectivity index (χ4v) is 1.86. The van der Waals surface area contributed by atoms with Gasteiger partial charge in [0, 0.05) is 18.4 Å². The summed E-state index contributed by atoms with van der Waals surface area (Å²) in [5.74, 6) is 0.561. The van der Waals surface area contributed by atoms with Crippen molar-refractivity contribution in [2.24, 2.45) is 0 Å². The van der Waals surface area contributed by atoms with E-state index in [0.29, 0.717) is 24.5 Å². The summed E-state index contributed by atoms with van der Waals surface area (Å²) in [6, 6.07) is 12.6. The van der Waals surface area contributed by atoms with E-state index < -0.39 is 0 Å². The van der Waals surface area contributed by atoms with Crippen LogP contribution in [-0.4, -0.2) is 28.9 Å². The molecule has 1 heterocycles. The quantitative estimate of drug-likeness (QED) is 0.825. The molecule has 0 saturated carbocycles. The van der Waals surface area contributed by atoms with Crippen LogP contribution in [0.25, 0.3) is 0 Å². The summed E-state index contributed by atoms with van der Waals surface area (Å²) in [5.41, 5.74) is 7.13. The van der Waals surface area contributed by atoms with Crippen molar-refractivity contribution in [2.75, 3.05) is 18.9 Å². The van der Waals surface area contributed by atoms with Crippen molar-refractivity contribution >= 4 is 11.6 Å². The Kier molecular flexibility index (Phi) is 5.15. The lowest BCUT2D eigenvalue weighted by molar-refractivity contribution is -0.133. The van der Waals surface area contributed by atoms with E-state index >= 15 is 0 Å². The average Bonchev–Trinajstić information content (AvgIpc) is 2.52. The predicted molar refractivity (Wildman–Crippen MR) is 81.7 cm³/mol. The minimum atomic E-state index is -0.0695. The highest BCUT2D eigenvalue weighted by Gasteiger charge is 2.13. The number of aromatic nitrogens is 1. The Morgan fingerprint density at radius 3 is 2.62 bits per heavy atom. The van der Waals surface area contributed by atoms with Crippen LogP contribution in [0.3, 0.4) is 0 Å². The number of hydrogen-bond acceptors (Lipinski definition) is 4. The van der Waals surface area contributed by atoms with Crippen molar-refractivity contribution in [2.45, 2.75) is 13.5 Å². The number of likely N-dealkylation sites (N-methyl/N-ethyl adjacent to an activating group) is 1. The standard InChI is InChI=1S/C16H19N3O2/c1-2-19(11-14-5-3-4-10-18-14)16(20)12-21-15-8-6-13(17)7-9-15/h3-10H,2,11-12,17H2,1H3. The fourth-order valence-electron chi connectivity index (χ4n) is 1.86. The molecule has 0 atom stereocenters. The lowest BCUT2D eigenvalue weighted by atomic mass is 10.3. The molecule has 1 aromatic carbocycles. The number of nitrogens with zero attached hydrogens (tertiary/aromatic N) is 2. The average molecular weight is 285 g/mol. The third kappa shape index (κ3) is 4.49.